The quantitative estimate of drug-likeness (QED) is 0.706. The molecule has 1 unspecified atom stereocenters. The number of para-hydroxylation sites is 1. The maximum atomic E-state index is 6.25. The van der Waals surface area contributed by atoms with Gasteiger partial charge in [0, 0.05) is 11.5 Å². The topological polar surface area (TPSA) is 9.23 Å². The van der Waals surface area contributed by atoms with Crippen LogP contribution in [0.1, 0.15) is 61.8 Å². The summed E-state index contributed by atoms with van der Waals surface area (Å²) in [5.41, 5.74) is 5.42. The molecule has 1 nitrogen and oxygen atoms in total. The molecule has 110 valence electrons. The molecule has 2 aromatic carbocycles. The minimum atomic E-state index is 0.414. The average Bonchev–Trinajstić information content (AvgIpc) is 2.63. The van der Waals surface area contributed by atoms with E-state index in [-0.39, 0.29) is 0 Å². The fraction of sp³-hybridized carbons (Fsp3) is 0.400. The molecule has 3 rings (SSSR count). The predicted molar refractivity (Wildman–Crippen MR) is 88.0 cm³/mol. The Hall–Kier alpha value is -1.76. The van der Waals surface area contributed by atoms with Crippen LogP contribution in [0.4, 0.5) is 0 Å². The fourth-order valence-electron chi connectivity index (χ4n) is 3.44. The van der Waals surface area contributed by atoms with Crippen LogP contribution in [0.25, 0.3) is 0 Å². The molecule has 1 atom stereocenters. The van der Waals surface area contributed by atoms with Crippen LogP contribution in [0.3, 0.4) is 0 Å². The van der Waals surface area contributed by atoms with E-state index in [1.165, 1.54) is 22.3 Å². The minimum Gasteiger partial charge on any atom is -0.488 e. The molecule has 0 aromatic heterocycles. The fourth-order valence-corrected chi connectivity index (χ4v) is 3.44. The zero-order valence-electron chi connectivity index (χ0n) is 13.4. The molecule has 0 saturated heterocycles. The van der Waals surface area contributed by atoms with Crippen LogP contribution in [0.2, 0.25) is 0 Å². The highest BCUT2D eigenvalue weighted by atomic mass is 16.5. The Bertz CT molecular complexity index is 640. The summed E-state index contributed by atoms with van der Waals surface area (Å²) in [6.45, 7) is 9.76. The Labute approximate surface area is 128 Å². The summed E-state index contributed by atoms with van der Waals surface area (Å²) in [7, 11) is 0. The Balaban J connectivity index is 2.23. The van der Waals surface area contributed by atoms with Crippen LogP contribution in [0, 0.1) is 5.92 Å². The molecule has 0 amide bonds. The Kier molecular flexibility index (Phi) is 3.75. The second kappa shape index (κ2) is 5.55. The molecule has 0 fully saturated rings. The summed E-state index contributed by atoms with van der Waals surface area (Å²) in [5, 5.41) is 0. The summed E-state index contributed by atoms with van der Waals surface area (Å²) in [6.07, 6.45) is 0. The SMILES string of the molecule is CC(C)c1cccc2c1OCc1ccccc1C2C(C)C. The number of fused-ring (bicyclic) bond motifs is 2. The second-order valence-electron chi connectivity index (χ2n) is 6.63. The summed E-state index contributed by atoms with van der Waals surface area (Å²) < 4.78 is 6.25. The number of benzene rings is 2. The van der Waals surface area contributed by atoms with Crippen molar-refractivity contribution in [2.75, 3.05) is 0 Å². The van der Waals surface area contributed by atoms with Gasteiger partial charge in [0.25, 0.3) is 0 Å². The van der Waals surface area contributed by atoms with E-state index in [1.807, 2.05) is 0 Å². The molecule has 0 saturated carbocycles. The van der Waals surface area contributed by atoms with Crippen LogP contribution in [-0.4, -0.2) is 0 Å². The highest BCUT2D eigenvalue weighted by molar-refractivity contribution is 5.51. The van der Waals surface area contributed by atoms with Crippen LogP contribution < -0.4 is 4.74 Å². The van der Waals surface area contributed by atoms with Crippen LogP contribution in [0.5, 0.6) is 5.75 Å². The first kappa shape index (κ1) is 14.2. The molecule has 1 heterocycles. The Morgan fingerprint density at radius 3 is 2.33 bits per heavy atom. The van der Waals surface area contributed by atoms with E-state index < -0.39 is 0 Å². The lowest BCUT2D eigenvalue weighted by Gasteiger charge is -2.24. The third-order valence-electron chi connectivity index (χ3n) is 4.46. The molecule has 0 N–H and O–H groups in total. The smallest absolute Gasteiger partial charge is 0.127 e. The predicted octanol–water partition coefficient (Wildman–Crippen LogP) is 5.49. The van der Waals surface area contributed by atoms with Gasteiger partial charge in [0.15, 0.2) is 0 Å². The second-order valence-corrected chi connectivity index (χ2v) is 6.63. The van der Waals surface area contributed by atoms with E-state index in [0.717, 1.165) is 5.75 Å². The average molecular weight is 280 g/mol. The van der Waals surface area contributed by atoms with Gasteiger partial charge in [0.05, 0.1) is 0 Å². The lowest BCUT2D eigenvalue weighted by Crippen LogP contribution is -2.10. The van der Waals surface area contributed by atoms with Gasteiger partial charge in [0.2, 0.25) is 0 Å². The molecule has 1 aliphatic rings. The molecular formula is C20H24O. The summed E-state index contributed by atoms with van der Waals surface area (Å²) in [5.74, 6) is 2.56. The highest BCUT2D eigenvalue weighted by Crippen LogP contribution is 2.44. The van der Waals surface area contributed by atoms with Crippen LogP contribution >= 0.6 is 0 Å². The number of hydrogen-bond donors (Lipinski definition) is 0. The van der Waals surface area contributed by atoms with Gasteiger partial charge in [-0.2, -0.15) is 0 Å². The van der Waals surface area contributed by atoms with E-state index >= 15 is 0 Å². The molecule has 1 heteroatoms. The Morgan fingerprint density at radius 2 is 1.62 bits per heavy atom. The lowest BCUT2D eigenvalue weighted by molar-refractivity contribution is 0.302. The first-order valence-corrected chi connectivity index (χ1v) is 7.93. The third-order valence-corrected chi connectivity index (χ3v) is 4.46. The lowest BCUT2D eigenvalue weighted by atomic mass is 9.79. The van der Waals surface area contributed by atoms with Crippen molar-refractivity contribution in [3.05, 3.63) is 64.7 Å². The molecule has 0 aliphatic carbocycles. The van der Waals surface area contributed by atoms with Crippen molar-refractivity contribution in [1.29, 1.82) is 0 Å². The van der Waals surface area contributed by atoms with Crippen molar-refractivity contribution in [2.45, 2.75) is 46.1 Å². The maximum Gasteiger partial charge on any atom is 0.127 e. The molecule has 0 spiro atoms. The standard InChI is InChI=1S/C20H24O/c1-13(2)16-10-7-11-18-19(14(3)4)17-9-6-5-8-15(17)12-21-20(16)18/h5-11,13-14,19H,12H2,1-4H3. The van der Waals surface area contributed by atoms with Crippen molar-refractivity contribution in [3.8, 4) is 5.75 Å². The first-order chi connectivity index (χ1) is 10.1. The van der Waals surface area contributed by atoms with Gasteiger partial charge < -0.3 is 4.74 Å². The van der Waals surface area contributed by atoms with Crippen molar-refractivity contribution < 1.29 is 4.74 Å². The van der Waals surface area contributed by atoms with Crippen molar-refractivity contribution in [3.63, 3.8) is 0 Å². The van der Waals surface area contributed by atoms with Crippen LogP contribution in [0.15, 0.2) is 42.5 Å². The summed E-state index contributed by atoms with van der Waals surface area (Å²) in [4.78, 5) is 0. The summed E-state index contributed by atoms with van der Waals surface area (Å²) >= 11 is 0. The van der Waals surface area contributed by atoms with Gasteiger partial charge in [-0.1, -0.05) is 70.2 Å². The zero-order chi connectivity index (χ0) is 15.0. The van der Waals surface area contributed by atoms with E-state index in [9.17, 15) is 0 Å². The van der Waals surface area contributed by atoms with Gasteiger partial charge in [-0.25, -0.2) is 0 Å². The Morgan fingerprint density at radius 1 is 0.905 bits per heavy atom. The first-order valence-electron chi connectivity index (χ1n) is 7.93. The van der Waals surface area contributed by atoms with Crippen molar-refractivity contribution in [1.82, 2.24) is 0 Å². The van der Waals surface area contributed by atoms with Crippen molar-refractivity contribution in [2.24, 2.45) is 5.92 Å². The molecular weight excluding hydrogens is 256 g/mol. The van der Waals surface area contributed by atoms with E-state index in [2.05, 4.69) is 70.2 Å². The van der Waals surface area contributed by atoms with Gasteiger partial charge in [0.1, 0.15) is 12.4 Å². The van der Waals surface area contributed by atoms with Gasteiger partial charge in [-0.15, -0.1) is 0 Å². The van der Waals surface area contributed by atoms with E-state index in [4.69, 9.17) is 4.74 Å². The zero-order valence-corrected chi connectivity index (χ0v) is 13.4. The summed E-state index contributed by atoms with van der Waals surface area (Å²) in [6, 6.07) is 15.3. The molecule has 21 heavy (non-hydrogen) atoms. The van der Waals surface area contributed by atoms with Gasteiger partial charge in [-0.05, 0) is 28.5 Å². The number of hydrogen-bond acceptors (Lipinski definition) is 1. The molecule has 1 aliphatic heterocycles. The van der Waals surface area contributed by atoms with Crippen molar-refractivity contribution >= 4 is 0 Å². The number of ether oxygens (including phenoxy) is 1. The molecule has 0 bridgehead atoms. The largest absolute Gasteiger partial charge is 0.488 e. The van der Waals surface area contributed by atoms with Gasteiger partial charge >= 0.3 is 0 Å². The highest BCUT2D eigenvalue weighted by Gasteiger charge is 2.28. The molecule has 0 radical (unpaired) electrons. The number of rotatable bonds is 2. The van der Waals surface area contributed by atoms with E-state index in [1.54, 1.807) is 0 Å². The minimum absolute atomic E-state index is 0.414. The van der Waals surface area contributed by atoms with Gasteiger partial charge in [-0.3, -0.25) is 0 Å². The third kappa shape index (κ3) is 2.46. The van der Waals surface area contributed by atoms with Crippen LogP contribution in [-0.2, 0) is 6.61 Å². The normalized spacial score (nSPS) is 17.1. The van der Waals surface area contributed by atoms with E-state index in [0.29, 0.717) is 24.4 Å². The molecule has 2 aromatic rings. The monoisotopic (exact) mass is 280 g/mol. The maximum absolute atomic E-state index is 6.25.